The van der Waals surface area contributed by atoms with E-state index in [1.54, 1.807) is 35.2 Å². The third-order valence-electron chi connectivity index (χ3n) is 9.00. The Bertz CT molecular complexity index is 1640. The van der Waals surface area contributed by atoms with E-state index in [9.17, 15) is 39.8 Å². The molecule has 0 spiro atoms. The number of carbonyl (C=O) groups excluding carboxylic acids is 1. The van der Waals surface area contributed by atoms with Gasteiger partial charge < -0.3 is 40.3 Å². The van der Waals surface area contributed by atoms with Crippen molar-refractivity contribution in [2.45, 2.75) is 61.8 Å². The fourth-order valence-corrected chi connectivity index (χ4v) is 6.39. The van der Waals surface area contributed by atoms with E-state index in [1.165, 1.54) is 12.1 Å². The van der Waals surface area contributed by atoms with Crippen molar-refractivity contribution in [2.75, 3.05) is 4.90 Å². The van der Waals surface area contributed by atoms with Gasteiger partial charge in [0.1, 0.15) is 36.3 Å². The maximum Gasteiger partial charge on any atom is 0.233 e. The van der Waals surface area contributed by atoms with Crippen LogP contribution in [0.5, 0.6) is 0 Å². The number of para-hydroxylation sites is 1. The normalized spacial score (nSPS) is 27.6. The van der Waals surface area contributed by atoms with Gasteiger partial charge in [0.05, 0.1) is 18.1 Å². The van der Waals surface area contributed by atoms with Crippen molar-refractivity contribution in [3.8, 4) is 11.1 Å². The molecule has 2 fully saturated rings. The number of β-lactam (4-membered cyclic amide) rings is 1. The maximum absolute atomic E-state index is 13.4. The molecule has 6 rings (SSSR count). The van der Waals surface area contributed by atoms with Gasteiger partial charge in [-0.15, -0.1) is 0 Å². The molecule has 4 aromatic rings. The summed E-state index contributed by atoms with van der Waals surface area (Å²) in [5.41, 5.74) is 4.21. The van der Waals surface area contributed by atoms with Crippen LogP contribution in [0.4, 0.5) is 10.1 Å². The van der Waals surface area contributed by atoms with Crippen molar-refractivity contribution in [1.29, 1.82) is 0 Å². The third-order valence-corrected chi connectivity index (χ3v) is 9.00. The van der Waals surface area contributed by atoms with Crippen molar-refractivity contribution >= 4 is 11.6 Å². The molecule has 2 aliphatic rings. The molecule has 0 bridgehead atoms. The summed E-state index contributed by atoms with van der Waals surface area (Å²) in [5.74, 6) is -0.790. The second-order valence-corrected chi connectivity index (χ2v) is 11.9. The minimum atomic E-state index is -1.77. The van der Waals surface area contributed by atoms with E-state index in [1.807, 2.05) is 60.7 Å². The van der Waals surface area contributed by atoms with Gasteiger partial charge in [-0.05, 0) is 71.0 Å². The number of aliphatic hydroxyl groups is 6. The quantitative estimate of drug-likeness (QED) is 0.154. The van der Waals surface area contributed by atoms with Crippen LogP contribution in [-0.2, 0) is 9.53 Å². The van der Waals surface area contributed by atoms with Crippen LogP contribution in [-0.4, -0.2) is 67.3 Å². The van der Waals surface area contributed by atoms with E-state index in [0.717, 1.165) is 22.4 Å². The van der Waals surface area contributed by atoms with Crippen molar-refractivity contribution in [3.05, 3.63) is 126 Å². The summed E-state index contributed by atoms with van der Waals surface area (Å²) in [7, 11) is 0. The lowest BCUT2D eigenvalue weighted by atomic mass is 9.78. The highest BCUT2D eigenvalue weighted by Crippen LogP contribution is 2.46. The Kier molecular flexibility index (Phi) is 9.30. The average Bonchev–Trinajstić information content (AvgIpc) is 3.08. The van der Waals surface area contributed by atoms with E-state index >= 15 is 0 Å². The Labute approximate surface area is 265 Å². The van der Waals surface area contributed by atoms with E-state index < -0.39 is 42.9 Å². The standard InChI is InChI=1S/C36H36FNO8/c37-25-15-13-21(14-16-25)28(39)18-17-27-29(38(35(27)44)26-7-2-1-3-8-26)22-11-9-20(10-12-22)23-5-4-6-24(19-23)30(40)34-32(42)31(41)33(43)36(45)46-34/h1-16,19,27-34,36,39-43,45H,17-18H2/t27-,28+,29-,30+,31+,32+,33-,34-,36+/m1/s1. The molecule has 9 nitrogen and oxygen atoms in total. The number of hydrogen-bond acceptors (Lipinski definition) is 8. The molecular weight excluding hydrogens is 593 g/mol. The van der Waals surface area contributed by atoms with Crippen LogP contribution in [0.15, 0.2) is 103 Å². The number of amides is 1. The predicted octanol–water partition coefficient (Wildman–Crippen LogP) is 3.54. The van der Waals surface area contributed by atoms with E-state index in [2.05, 4.69) is 0 Å². The van der Waals surface area contributed by atoms with Gasteiger partial charge in [-0.3, -0.25) is 4.79 Å². The molecule has 240 valence electrons. The van der Waals surface area contributed by atoms with Crippen LogP contribution < -0.4 is 4.90 Å². The summed E-state index contributed by atoms with van der Waals surface area (Å²) in [5, 5.41) is 61.8. The van der Waals surface area contributed by atoms with Crippen molar-refractivity contribution < 1.29 is 44.6 Å². The Morgan fingerprint density at radius 1 is 0.739 bits per heavy atom. The van der Waals surface area contributed by atoms with Gasteiger partial charge in [0.15, 0.2) is 6.29 Å². The van der Waals surface area contributed by atoms with Crippen LogP contribution in [0, 0.1) is 11.7 Å². The van der Waals surface area contributed by atoms with Crippen molar-refractivity contribution in [1.82, 2.24) is 0 Å². The summed E-state index contributed by atoms with van der Waals surface area (Å²) < 4.78 is 18.6. The third kappa shape index (κ3) is 6.21. The highest BCUT2D eigenvalue weighted by molar-refractivity contribution is 6.03. The highest BCUT2D eigenvalue weighted by Gasteiger charge is 2.49. The first-order chi connectivity index (χ1) is 22.1. The number of rotatable bonds is 9. The van der Waals surface area contributed by atoms with Crippen molar-refractivity contribution in [3.63, 3.8) is 0 Å². The van der Waals surface area contributed by atoms with Crippen LogP contribution in [0.1, 0.15) is 47.8 Å². The lowest BCUT2D eigenvalue weighted by Gasteiger charge is -2.48. The molecule has 10 heteroatoms. The summed E-state index contributed by atoms with van der Waals surface area (Å²) in [6.45, 7) is 0. The molecule has 2 aliphatic heterocycles. The Balaban J connectivity index is 1.21. The van der Waals surface area contributed by atoms with Gasteiger partial charge >= 0.3 is 0 Å². The number of halogens is 1. The first kappa shape index (κ1) is 32.0. The number of ether oxygens (including phenoxy) is 1. The molecule has 2 saturated heterocycles. The number of aliphatic hydroxyl groups excluding tert-OH is 6. The minimum Gasteiger partial charge on any atom is -0.388 e. The zero-order chi connectivity index (χ0) is 32.5. The van der Waals surface area contributed by atoms with Crippen LogP contribution in [0.25, 0.3) is 11.1 Å². The first-order valence-corrected chi connectivity index (χ1v) is 15.2. The molecular formula is C36H36FNO8. The van der Waals surface area contributed by atoms with E-state index in [-0.39, 0.29) is 23.7 Å². The second-order valence-electron chi connectivity index (χ2n) is 11.9. The lowest BCUT2D eigenvalue weighted by molar-refractivity contribution is -0.297. The Hall–Kier alpha value is -4.00. The van der Waals surface area contributed by atoms with E-state index in [4.69, 9.17) is 4.74 Å². The molecule has 6 N–H and O–H groups in total. The molecule has 46 heavy (non-hydrogen) atoms. The lowest BCUT2D eigenvalue weighted by Crippen LogP contribution is -2.58. The monoisotopic (exact) mass is 629 g/mol. The summed E-state index contributed by atoms with van der Waals surface area (Å²) in [6.07, 6.45) is -9.63. The molecule has 0 aliphatic carbocycles. The van der Waals surface area contributed by atoms with Crippen LogP contribution >= 0.6 is 0 Å². The average molecular weight is 630 g/mol. The molecule has 0 unspecified atom stereocenters. The molecule has 1 amide bonds. The van der Waals surface area contributed by atoms with Gasteiger partial charge in [-0.1, -0.05) is 72.8 Å². The molecule has 9 atom stereocenters. The van der Waals surface area contributed by atoms with Crippen molar-refractivity contribution in [2.24, 2.45) is 5.92 Å². The molecule has 0 radical (unpaired) electrons. The maximum atomic E-state index is 13.4. The Morgan fingerprint density at radius 2 is 1.43 bits per heavy atom. The van der Waals surface area contributed by atoms with Gasteiger partial charge in [0, 0.05) is 5.69 Å². The van der Waals surface area contributed by atoms with Gasteiger partial charge in [-0.2, -0.15) is 0 Å². The summed E-state index contributed by atoms with van der Waals surface area (Å²) in [6, 6.07) is 29.4. The van der Waals surface area contributed by atoms with Gasteiger partial charge in [-0.25, -0.2) is 4.39 Å². The molecule has 2 heterocycles. The number of benzene rings is 4. The topological polar surface area (TPSA) is 151 Å². The largest absolute Gasteiger partial charge is 0.388 e. The number of anilines is 1. The SMILES string of the molecule is O=C1[C@H](CC[C@H](O)c2ccc(F)cc2)[C@@H](c2ccc(-c3cccc([C@H](O)[C@H]4O[C@H](O)[C@H](O)[C@@H](O)[C@@H]4O)c3)cc2)N1c1ccccc1. The minimum absolute atomic E-state index is 0.0388. The first-order valence-electron chi connectivity index (χ1n) is 15.2. The zero-order valence-corrected chi connectivity index (χ0v) is 24.8. The predicted molar refractivity (Wildman–Crippen MR) is 166 cm³/mol. The van der Waals surface area contributed by atoms with Crippen LogP contribution in [0.2, 0.25) is 0 Å². The smallest absolute Gasteiger partial charge is 0.233 e. The molecule has 4 aromatic carbocycles. The zero-order valence-electron chi connectivity index (χ0n) is 24.8. The highest BCUT2D eigenvalue weighted by atomic mass is 19.1. The summed E-state index contributed by atoms with van der Waals surface area (Å²) in [4.78, 5) is 15.2. The van der Waals surface area contributed by atoms with Gasteiger partial charge in [0.2, 0.25) is 5.91 Å². The fraction of sp³-hybridized carbons (Fsp3) is 0.306. The summed E-state index contributed by atoms with van der Waals surface area (Å²) >= 11 is 0. The molecule has 0 aromatic heterocycles. The Morgan fingerprint density at radius 3 is 2.13 bits per heavy atom. The van der Waals surface area contributed by atoms with Crippen LogP contribution in [0.3, 0.4) is 0 Å². The second kappa shape index (κ2) is 13.4. The van der Waals surface area contributed by atoms with E-state index in [0.29, 0.717) is 24.0 Å². The number of hydrogen-bond donors (Lipinski definition) is 6. The number of nitrogens with zero attached hydrogens (tertiary/aromatic N) is 1. The fourth-order valence-electron chi connectivity index (χ4n) is 6.39. The van der Waals surface area contributed by atoms with Gasteiger partial charge in [0.25, 0.3) is 0 Å². The molecule has 0 saturated carbocycles. The number of carbonyl (C=O) groups is 1.